The highest BCUT2D eigenvalue weighted by Gasteiger charge is 2.21. The van der Waals surface area contributed by atoms with Crippen LogP contribution in [0.3, 0.4) is 0 Å². The molecule has 0 radical (unpaired) electrons. The van der Waals surface area contributed by atoms with E-state index in [0.29, 0.717) is 11.8 Å². The molecule has 0 aromatic heterocycles. The molecule has 19 heavy (non-hydrogen) atoms. The van der Waals surface area contributed by atoms with E-state index in [0.717, 1.165) is 12.8 Å². The third-order valence-corrected chi connectivity index (χ3v) is 2.67. The average Bonchev–Trinajstić information content (AvgIpc) is 2.22. The van der Waals surface area contributed by atoms with Crippen LogP contribution in [0.5, 0.6) is 0 Å². The van der Waals surface area contributed by atoms with Crippen molar-refractivity contribution in [3.8, 4) is 0 Å². The molecule has 0 fully saturated rings. The Hall–Kier alpha value is -1.10. The first-order valence-electron chi connectivity index (χ1n) is 6.95. The van der Waals surface area contributed by atoms with Crippen molar-refractivity contribution < 1.29 is 9.59 Å². The SMILES string of the molecule is CC(C)CC(CC(C)C)C(=O)NNC(=O)CN(C)C. The van der Waals surface area contributed by atoms with Gasteiger partial charge in [0.25, 0.3) is 5.91 Å². The van der Waals surface area contributed by atoms with E-state index in [1.54, 1.807) is 4.90 Å². The van der Waals surface area contributed by atoms with E-state index >= 15 is 0 Å². The summed E-state index contributed by atoms with van der Waals surface area (Å²) in [6.07, 6.45) is 1.68. The van der Waals surface area contributed by atoms with Gasteiger partial charge in [-0.15, -0.1) is 0 Å². The highest BCUT2D eigenvalue weighted by molar-refractivity contribution is 5.84. The first-order valence-corrected chi connectivity index (χ1v) is 6.95. The smallest absolute Gasteiger partial charge is 0.252 e. The monoisotopic (exact) mass is 271 g/mol. The standard InChI is InChI=1S/C14H29N3O2/c1-10(2)7-12(8-11(3)4)14(19)16-15-13(18)9-17(5)6/h10-12H,7-9H2,1-6H3,(H,15,18)(H,16,19). The van der Waals surface area contributed by atoms with Crippen molar-refractivity contribution in [3.05, 3.63) is 0 Å². The van der Waals surface area contributed by atoms with Gasteiger partial charge in [-0.25, -0.2) is 0 Å². The molecule has 0 atom stereocenters. The van der Waals surface area contributed by atoms with Gasteiger partial charge in [0.2, 0.25) is 5.91 Å². The molecule has 0 heterocycles. The van der Waals surface area contributed by atoms with Crippen molar-refractivity contribution in [2.24, 2.45) is 17.8 Å². The van der Waals surface area contributed by atoms with Gasteiger partial charge in [-0.05, 0) is 38.8 Å². The third-order valence-electron chi connectivity index (χ3n) is 2.67. The number of nitrogens with one attached hydrogen (secondary N) is 2. The highest BCUT2D eigenvalue weighted by atomic mass is 16.2. The van der Waals surface area contributed by atoms with Crippen LogP contribution in [0.4, 0.5) is 0 Å². The zero-order valence-electron chi connectivity index (χ0n) is 13.1. The third kappa shape index (κ3) is 9.47. The lowest BCUT2D eigenvalue weighted by Crippen LogP contribution is -2.47. The number of hydrogen-bond donors (Lipinski definition) is 2. The number of likely N-dealkylation sites (N-methyl/N-ethyl adjacent to an activating group) is 1. The number of nitrogens with zero attached hydrogens (tertiary/aromatic N) is 1. The van der Waals surface area contributed by atoms with Gasteiger partial charge < -0.3 is 4.90 Å². The molecular weight excluding hydrogens is 242 g/mol. The summed E-state index contributed by atoms with van der Waals surface area (Å²) in [5, 5.41) is 0. The van der Waals surface area contributed by atoms with Crippen LogP contribution in [-0.2, 0) is 9.59 Å². The number of carbonyl (C=O) groups is 2. The molecule has 112 valence electrons. The van der Waals surface area contributed by atoms with Crippen LogP contribution in [0.2, 0.25) is 0 Å². The van der Waals surface area contributed by atoms with Crippen molar-refractivity contribution in [1.82, 2.24) is 15.8 Å². The van der Waals surface area contributed by atoms with E-state index in [9.17, 15) is 9.59 Å². The molecule has 0 rings (SSSR count). The van der Waals surface area contributed by atoms with Gasteiger partial charge in [0.15, 0.2) is 0 Å². The van der Waals surface area contributed by atoms with Crippen LogP contribution in [0, 0.1) is 17.8 Å². The maximum absolute atomic E-state index is 12.1. The van der Waals surface area contributed by atoms with Crippen LogP contribution in [-0.4, -0.2) is 37.4 Å². The molecule has 2 amide bonds. The molecule has 0 saturated heterocycles. The Labute approximate surface area is 117 Å². The Morgan fingerprint density at radius 2 is 1.42 bits per heavy atom. The summed E-state index contributed by atoms with van der Waals surface area (Å²) in [5.74, 6) is 0.597. The molecule has 0 bridgehead atoms. The lowest BCUT2D eigenvalue weighted by atomic mass is 9.89. The molecule has 0 saturated carbocycles. The second-order valence-electron chi connectivity index (χ2n) is 6.23. The predicted molar refractivity (Wildman–Crippen MR) is 77.2 cm³/mol. The van der Waals surface area contributed by atoms with Gasteiger partial charge in [0.1, 0.15) is 0 Å². The van der Waals surface area contributed by atoms with Gasteiger partial charge in [0, 0.05) is 5.92 Å². The van der Waals surface area contributed by atoms with Crippen LogP contribution < -0.4 is 10.9 Å². The number of rotatable bonds is 7. The van der Waals surface area contributed by atoms with E-state index < -0.39 is 0 Å². The number of hydrogen-bond acceptors (Lipinski definition) is 3. The minimum absolute atomic E-state index is 0.0420. The van der Waals surface area contributed by atoms with Gasteiger partial charge in [-0.1, -0.05) is 27.7 Å². The minimum atomic E-state index is -0.203. The molecule has 5 heteroatoms. The molecule has 0 aromatic rings. The van der Waals surface area contributed by atoms with Crippen LogP contribution >= 0.6 is 0 Å². The van der Waals surface area contributed by atoms with Crippen molar-refractivity contribution >= 4 is 11.8 Å². The zero-order chi connectivity index (χ0) is 15.0. The van der Waals surface area contributed by atoms with E-state index in [1.807, 2.05) is 14.1 Å². The fraction of sp³-hybridized carbons (Fsp3) is 0.857. The molecule has 0 spiro atoms. The quantitative estimate of drug-likeness (QED) is 0.688. The van der Waals surface area contributed by atoms with E-state index in [2.05, 4.69) is 38.5 Å². The Bertz CT molecular complexity index is 278. The largest absolute Gasteiger partial charge is 0.301 e. The van der Waals surface area contributed by atoms with Gasteiger partial charge in [0.05, 0.1) is 6.54 Å². The summed E-state index contributed by atoms with van der Waals surface area (Å²) in [6, 6.07) is 0. The van der Waals surface area contributed by atoms with Crippen LogP contribution in [0.1, 0.15) is 40.5 Å². The van der Waals surface area contributed by atoms with Crippen molar-refractivity contribution in [1.29, 1.82) is 0 Å². The maximum atomic E-state index is 12.1. The summed E-state index contributed by atoms with van der Waals surface area (Å²) in [6.45, 7) is 8.67. The zero-order valence-corrected chi connectivity index (χ0v) is 13.1. The number of hydrazine groups is 1. The summed E-state index contributed by atoms with van der Waals surface area (Å²) >= 11 is 0. The maximum Gasteiger partial charge on any atom is 0.252 e. The van der Waals surface area contributed by atoms with E-state index in [4.69, 9.17) is 0 Å². The van der Waals surface area contributed by atoms with Gasteiger partial charge >= 0.3 is 0 Å². The Kier molecular flexibility index (Phi) is 8.39. The minimum Gasteiger partial charge on any atom is -0.301 e. The molecule has 0 aliphatic rings. The predicted octanol–water partition coefficient (Wildman–Crippen LogP) is 1.40. The van der Waals surface area contributed by atoms with Gasteiger partial charge in [-0.2, -0.15) is 0 Å². The van der Waals surface area contributed by atoms with Crippen molar-refractivity contribution in [2.45, 2.75) is 40.5 Å². The molecule has 0 aliphatic carbocycles. The number of carbonyl (C=O) groups excluding carboxylic acids is 2. The van der Waals surface area contributed by atoms with Crippen LogP contribution in [0.15, 0.2) is 0 Å². The fourth-order valence-electron chi connectivity index (χ4n) is 2.01. The fourth-order valence-corrected chi connectivity index (χ4v) is 2.01. The molecule has 2 N–H and O–H groups in total. The number of amides is 2. The Morgan fingerprint density at radius 3 is 1.79 bits per heavy atom. The van der Waals surface area contributed by atoms with E-state index in [1.165, 1.54) is 0 Å². The summed E-state index contributed by atoms with van der Waals surface area (Å²) in [7, 11) is 3.61. The average molecular weight is 271 g/mol. The molecular formula is C14H29N3O2. The molecule has 0 aliphatic heterocycles. The lowest BCUT2D eigenvalue weighted by Gasteiger charge is -2.21. The second kappa shape index (κ2) is 8.91. The normalized spacial score (nSPS) is 11.5. The highest BCUT2D eigenvalue weighted by Crippen LogP contribution is 2.19. The van der Waals surface area contributed by atoms with Crippen molar-refractivity contribution in [3.63, 3.8) is 0 Å². The summed E-state index contributed by atoms with van der Waals surface area (Å²) in [4.78, 5) is 25.3. The molecule has 5 nitrogen and oxygen atoms in total. The molecule has 0 aromatic carbocycles. The first-order chi connectivity index (χ1) is 8.72. The van der Waals surface area contributed by atoms with Gasteiger partial charge in [-0.3, -0.25) is 20.4 Å². The summed E-state index contributed by atoms with van der Waals surface area (Å²) < 4.78 is 0. The van der Waals surface area contributed by atoms with Crippen LogP contribution in [0.25, 0.3) is 0 Å². The Morgan fingerprint density at radius 1 is 0.947 bits per heavy atom. The van der Waals surface area contributed by atoms with Crippen molar-refractivity contribution in [2.75, 3.05) is 20.6 Å². The van der Waals surface area contributed by atoms with E-state index in [-0.39, 0.29) is 24.3 Å². The molecule has 0 unspecified atom stereocenters. The first kappa shape index (κ1) is 17.9. The second-order valence-corrected chi connectivity index (χ2v) is 6.23. The summed E-state index contributed by atoms with van der Waals surface area (Å²) in [5.41, 5.74) is 4.99. The topological polar surface area (TPSA) is 61.4 Å². The Balaban J connectivity index is 4.27. The lowest BCUT2D eigenvalue weighted by molar-refractivity contribution is -0.132.